The number of carboxylic acid groups (broad SMARTS) is 1. The number of rotatable bonds is 9. The normalized spacial score (nSPS) is 17.6. The van der Waals surface area contributed by atoms with E-state index in [1.807, 2.05) is 42.5 Å². The fourth-order valence-electron chi connectivity index (χ4n) is 3.82. The van der Waals surface area contributed by atoms with Crippen LogP contribution >= 0.6 is 11.6 Å². The van der Waals surface area contributed by atoms with E-state index < -0.39 is 11.6 Å². The summed E-state index contributed by atoms with van der Waals surface area (Å²) in [5.41, 5.74) is 1.41. The van der Waals surface area contributed by atoms with Crippen molar-refractivity contribution < 1.29 is 14.6 Å². The molecular formula is C22H26ClN3O3. The highest BCUT2D eigenvalue weighted by molar-refractivity contribution is 6.30. The summed E-state index contributed by atoms with van der Waals surface area (Å²) in [6.07, 6.45) is 0. The number of aliphatic carboxylic acids is 1. The lowest BCUT2D eigenvalue weighted by atomic mass is 9.89. The number of carbonyl (C=O) groups is 1. The Hall–Kier alpha value is -2.25. The minimum Gasteiger partial charge on any atom is -0.480 e. The zero-order valence-electron chi connectivity index (χ0n) is 16.3. The van der Waals surface area contributed by atoms with Gasteiger partial charge in [-0.15, -0.1) is 0 Å². The van der Waals surface area contributed by atoms with Crippen molar-refractivity contribution in [3.8, 4) is 0 Å². The minimum atomic E-state index is -0.942. The van der Waals surface area contributed by atoms with Gasteiger partial charge in [-0.05, 0) is 30.0 Å². The van der Waals surface area contributed by atoms with Crippen molar-refractivity contribution in [2.24, 2.45) is 4.99 Å². The second-order valence-corrected chi connectivity index (χ2v) is 7.41. The first-order valence-corrected chi connectivity index (χ1v) is 10.0. The van der Waals surface area contributed by atoms with Crippen LogP contribution < -0.4 is 0 Å². The summed E-state index contributed by atoms with van der Waals surface area (Å²) in [4.78, 5) is 19.8. The SMILES string of the molecule is C=N[C@@](c1ccccc1)(c1ccc(Cl)cc1)N1CCN(CCOCC(=O)O)CC1. The van der Waals surface area contributed by atoms with Crippen LogP contribution in [-0.4, -0.2) is 73.5 Å². The molecule has 0 saturated carbocycles. The Morgan fingerprint density at radius 3 is 2.28 bits per heavy atom. The van der Waals surface area contributed by atoms with Crippen molar-refractivity contribution in [3.05, 3.63) is 70.7 Å². The molecule has 7 heteroatoms. The minimum absolute atomic E-state index is 0.256. The predicted octanol–water partition coefficient (Wildman–Crippen LogP) is 2.96. The van der Waals surface area contributed by atoms with Crippen LogP contribution in [0.15, 0.2) is 59.6 Å². The Morgan fingerprint density at radius 2 is 1.69 bits per heavy atom. The van der Waals surface area contributed by atoms with Crippen molar-refractivity contribution >= 4 is 24.3 Å². The van der Waals surface area contributed by atoms with Crippen LogP contribution in [0, 0.1) is 0 Å². The van der Waals surface area contributed by atoms with Crippen LogP contribution in [0.25, 0.3) is 0 Å². The van der Waals surface area contributed by atoms with Crippen molar-refractivity contribution in [2.45, 2.75) is 5.66 Å². The fraction of sp³-hybridized carbons (Fsp3) is 0.364. The number of piperazine rings is 1. The van der Waals surface area contributed by atoms with Crippen molar-refractivity contribution in [2.75, 3.05) is 45.9 Å². The molecule has 1 atom stereocenters. The molecule has 6 nitrogen and oxygen atoms in total. The van der Waals surface area contributed by atoms with Crippen LogP contribution in [-0.2, 0) is 15.2 Å². The van der Waals surface area contributed by atoms with Gasteiger partial charge in [-0.3, -0.25) is 14.8 Å². The summed E-state index contributed by atoms with van der Waals surface area (Å²) in [5, 5.41) is 9.35. The third kappa shape index (κ3) is 5.03. The Labute approximate surface area is 176 Å². The maximum atomic E-state index is 10.6. The highest BCUT2D eigenvalue weighted by Crippen LogP contribution is 2.38. The lowest BCUT2D eigenvalue weighted by Gasteiger charge is -2.46. The number of nitrogens with zero attached hydrogens (tertiary/aromatic N) is 3. The molecule has 1 fully saturated rings. The molecule has 1 aliphatic heterocycles. The highest BCUT2D eigenvalue weighted by Gasteiger charge is 2.40. The average Bonchev–Trinajstić information content (AvgIpc) is 2.75. The van der Waals surface area contributed by atoms with Gasteiger partial charge in [0.1, 0.15) is 6.61 Å². The van der Waals surface area contributed by atoms with Gasteiger partial charge in [-0.2, -0.15) is 0 Å². The summed E-state index contributed by atoms with van der Waals surface area (Å²) in [6, 6.07) is 18.0. The van der Waals surface area contributed by atoms with Gasteiger partial charge in [-0.1, -0.05) is 54.1 Å². The maximum absolute atomic E-state index is 10.6. The van der Waals surface area contributed by atoms with E-state index in [9.17, 15) is 4.79 Å². The van der Waals surface area contributed by atoms with Crippen molar-refractivity contribution in [3.63, 3.8) is 0 Å². The van der Waals surface area contributed by atoms with Crippen molar-refractivity contribution in [1.82, 2.24) is 9.80 Å². The summed E-state index contributed by atoms with van der Waals surface area (Å²) in [7, 11) is 0. The average molecular weight is 416 g/mol. The Balaban J connectivity index is 1.77. The molecule has 29 heavy (non-hydrogen) atoms. The standard InChI is InChI=1S/C22H26ClN3O3/c1-24-22(18-5-3-2-4-6-18,19-7-9-20(23)10-8-19)26-13-11-25(12-14-26)15-16-29-17-21(27)28/h2-10H,1,11-17H2,(H,27,28)/t22-/m1/s1. The third-order valence-electron chi connectivity index (χ3n) is 5.26. The molecule has 0 unspecified atom stereocenters. The topological polar surface area (TPSA) is 65.4 Å². The first-order valence-electron chi connectivity index (χ1n) is 9.62. The summed E-state index contributed by atoms with van der Waals surface area (Å²) < 4.78 is 5.17. The van der Waals surface area contributed by atoms with Gasteiger partial charge in [0, 0.05) is 37.7 Å². The smallest absolute Gasteiger partial charge is 0.329 e. The first kappa shape index (κ1) is 21.5. The van der Waals surface area contributed by atoms with E-state index in [-0.39, 0.29) is 6.61 Å². The number of benzene rings is 2. The van der Waals surface area contributed by atoms with E-state index in [1.165, 1.54) is 0 Å². The number of ether oxygens (including phenoxy) is 1. The molecule has 0 spiro atoms. The summed E-state index contributed by atoms with van der Waals surface area (Å²) in [6.45, 7) is 8.11. The molecule has 1 saturated heterocycles. The van der Waals surface area contributed by atoms with Gasteiger partial charge in [0.15, 0.2) is 5.66 Å². The number of hydrogen-bond acceptors (Lipinski definition) is 5. The quantitative estimate of drug-likeness (QED) is 0.504. The molecule has 0 aromatic heterocycles. The highest BCUT2D eigenvalue weighted by atomic mass is 35.5. The first-order chi connectivity index (χ1) is 14.1. The number of hydrogen-bond donors (Lipinski definition) is 1. The molecule has 0 radical (unpaired) electrons. The number of aliphatic imine (C=N–C) groups is 1. The van der Waals surface area contributed by atoms with Gasteiger partial charge < -0.3 is 9.84 Å². The predicted molar refractivity (Wildman–Crippen MR) is 115 cm³/mol. The van der Waals surface area contributed by atoms with Crippen LogP contribution in [0.3, 0.4) is 0 Å². The Morgan fingerprint density at radius 1 is 1.07 bits per heavy atom. The molecule has 2 aromatic carbocycles. The molecule has 3 rings (SSSR count). The zero-order valence-corrected chi connectivity index (χ0v) is 17.1. The van der Waals surface area contributed by atoms with E-state index >= 15 is 0 Å². The summed E-state index contributed by atoms with van der Waals surface area (Å²) >= 11 is 6.12. The maximum Gasteiger partial charge on any atom is 0.329 e. The molecule has 1 aliphatic rings. The molecule has 0 bridgehead atoms. The lowest BCUT2D eigenvalue weighted by Crippen LogP contribution is -2.55. The Bertz CT molecular complexity index is 808. The second kappa shape index (κ2) is 9.98. The molecule has 1 N–H and O–H groups in total. The fourth-order valence-corrected chi connectivity index (χ4v) is 3.94. The molecule has 2 aromatic rings. The third-order valence-corrected chi connectivity index (χ3v) is 5.51. The van der Waals surface area contributed by atoms with Crippen LogP contribution in [0.1, 0.15) is 11.1 Å². The van der Waals surface area contributed by atoms with E-state index in [1.54, 1.807) is 0 Å². The summed E-state index contributed by atoms with van der Waals surface area (Å²) in [5.74, 6) is -0.942. The zero-order chi connectivity index (χ0) is 20.7. The van der Waals surface area contributed by atoms with E-state index in [4.69, 9.17) is 21.4 Å². The van der Waals surface area contributed by atoms with Gasteiger partial charge in [-0.25, -0.2) is 4.79 Å². The second-order valence-electron chi connectivity index (χ2n) is 6.98. The molecule has 1 heterocycles. The molecule has 154 valence electrons. The van der Waals surface area contributed by atoms with Crippen molar-refractivity contribution in [1.29, 1.82) is 0 Å². The number of halogens is 1. The van der Waals surface area contributed by atoms with Gasteiger partial charge >= 0.3 is 5.97 Å². The monoisotopic (exact) mass is 415 g/mol. The molecule has 0 amide bonds. The van der Waals surface area contributed by atoms with E-state index in [0.717, 1.165) is 37.3 Å². The van der Waals surface area contributed by atoms with E-state index in [0.29, 0.717) is 18.2 Å². The van der Waals surface area contributed by atoms with Crippen LogP contribution in [0.2, 0.25) is 5.02 Å². The largest absolute Gasteiger partial charge is 0.480 e. The van der Waals surface area contributed by atoms with Crippen LogP contribution in [0.5, 0.6) is 0 Å². The van der Waals surface area contributed by atoms with Crippen LogP contribution in [0.4, 0.5) is 0 Å². The molecule has 0 aliphatic carbocycles. The Kier molecular flexibility index (Phi) is 7.39. The van der Waals surface area contributed by atoms with E-state index in [2.05, 4.69) is 33.6 Å². The van der Waals surface area contributed by atoms with Gasteiger partial charge in [0.25, 0.3) is 0 Å². The van der Waals surface area contributed by atoms with Gasteiger partial charge in [0.05, 0.1) is 6.61 Å². The lowest BCUT2D eigenvalue weighted by molar-refractivity contribution is -0.142. The number of carboxylic acids is 1. The molecular weight excluding hydrogens is 390 g/mol. The van der Waals surface area contributed by atoms with Gasteiger partial charge in [0.2, 0.25) is 0 Å².